The second kappa shape index (κ2) is 6.97. The van der Waals surface area contributed by atoms with E-state index >= 15 is 0 Å². The van der Waals surface area contributed by atoms with Crippen molar-refractivity contribution in [3.8, 4) is 6.07 Å². The molecule has 2 rings (SSSR count). The van der Waals surface area contributed by atoms with Crippen molar-refractivity contribution in [2.75, 3.05) is 13.2 Å². The molecule has 1 atom stereocenters. The third-order valence-corrected chi connectivity index (χ3v) is 3.76. The molecule has 23 heavy (non-hydrogen) atoms. The summed E-state index contributed by atoms with van der Waals surface area (Å²) in [6.45, 7) is 6.00. The van der Waals surface area contributed by atoms with Crippen molar-refractivity contribution in [1.82, 2.24) is 10.2 Å². The molecule has 2 amide bonds. The van der Waals surface area contributed by atoms with Crippen LogP contribution in [-0.4, -0.2) is 30.1 Å². The third kappa shape index (κ3) is 3.19. The molecule has 6 nitrogen and oxygen atoms in total. The van der Waals surface area contributed by atoms with Gasteiger partial charge >= 0.3 is 12.0 Å². The monoisotopic (exact) mass is 313 g/mol. The van der Waals surface area contributed by atoms with Gasteiger partial charge in [-0.1, -0.05) is 12.1 Å². The van der Waals surface area contributed by atoms with Crippen molar-refractivity contribution >= 4 is 12.0 Å². The molecular weight excluding hydrogens is 294 g/mol. The van der Waals surface area contributed by atoms with Crippen LogP contribution in [0.2, 0.25) is 0 Å². The average Bonchev–Trinajstić information content (AvgIpc) is 2.54. The van der Waals surface area contributed by atoms with Crippen molar-refractivity contribution in [3.05, 3.63) is 46.7 Å². The Balaban J connectivity index is 2.55. The quantitative estimate of drug-likeness (QED) is 0.866. The standard InChI is InChI=1S/C17H19N3O3/c1-4-20-11(3)14(16(21)23-5-2)15(19-17(20)22)13-8-6-7-12(9-13)10-18/h6-9,15H,4-5H2,1-3H3,(H,19,22). The van der Waals surface area contributed by atoms with Crippen LogP contribution in [0.4, 0.5) is 4.79 Å². The second-order valence-corrected chi connectivity index (χ2v) is 5.08. The number of esters is 1. The molecule has 0 aliphatic carbocycles. The Morgan fingerprint density at radius 2 is 2.17 bits per heavy atom. The molecule has 1 unspecified atom stereocenters. The molecule has 0 spiro atoms. The van der Waals surface area contributed by atoms with Gasteiger partial charge in [0.2, 0.25) is 0 Å². The molecule has 6 heteroatoms. The summed E-state index contributed by atoms with van der Waals surface area (Å²) in [7, 11) is 0. The van der Waals surface area contributed by atoms with Crippen LogP contribution in [0.1, 0.15) is 37.9 Å². The number of nitriles is 1. The van der Waals surface area contributed by atoms with Gasteiger partial charge in [0.05, 0.1) is 29.9 Å². The summed E-state index contributed by atoms with van der Waals surface area (Å²) in [4.78, 5) is 26.2. The van der Waals surface area contributed by atoms with E-state index in [-0.39, 0.29) is 12.6 Å². The molecule has 1 heterocycles. The number of urea groups is 1. The Kier molecular flexibility index (Phi) is 5.02. The molecule has 0 bridgehead atoms. The van der Waals surface area contributed by atoms with Crippen LogP contribution >= 0.6 is 0 Å². The fraction of sp³-hybridized carbons (Fsp3) is 0.353. The smallest absolute Gasteiger partial charge is 0.338 e. The van der Waals surface area contributed by atoms with Gasteiger partial charge in [-0.25, -0.2) is 9.59 Å². The summed E-state index contributed by atoms with van der Waals surface area (Å²) in [6.07, 6.45) is 0. The minimum atomic E-state index is -0.627. The van der Waals surface area contributed by atoms with Crippen molar-refractivity contribution in [3.63, 3.8) is 0 Å². The number of carbonyl (C=O) groups is 2. The molecule has 0 radical (unpaired) electrons. The number of allylic oxidation sites excluding steroid dienone is 1. The predicted octanol–water partition coefficient (Wildman–Crippen LogP) is 2.48. The number of hydrogen-bond acceptors (Lipinski definition) is 4. The van der Waals surface area contributed by atoms with Gasteiger partial charge in [0, 0.05) is 12.2 Å². The zero-order valence-corrected chi connectivity index (χ0v) is 13.4. The second-order valence-electron chi connectivity index (χ2n) is 5.08. The minimum absolute atomic E-state index is 0.251. The van der Waals surface area contributed by atoms with Gasteiger partial charge in [-0.3, -0.25) is 4.90 Å². The summed E-state index contributed by atoms with van der Waals surface area (Å²) < 4.78 is 5.15. The Morgan fingerprint density at radius 1 is 1.43 bits per heavy atom. The first-order valence-corrected chi connectivity index (χ1v) is 7.49. The van der Waals surface area contributed by atoms with Gasteiger partial charge in [0.1, 0.15) is 0 Å². The first-order chi connectivity index (χ1) is 11.0. The van der Waals surface area contributed by atoms with Gasteiger partial charge in [0.15, 0.2) is 0 Å². The van der Waals surface area contributed by atoms with Crippen LogP contribution in [0.3, 0.4) is 0 Å². The van der Waals surface area contributed by atoms with Crippen molar-refractivity contribution in [2.24, 2.45) is 0 Å². The van der Waals surface area contributed by atoms with E-state index in [2.05, 4.69) is 11.4 Å². The van der Waals surface area contributed by atoms with E-state index in [4.69, 9.17) is 10.00 Å². The maximum atomic E-state index is 12.4. The van der Waals surface area contributed by atoms with Crippen LogP contribution in [-0.2, 0) is 9.53 Å². The number of hydrogen-bond donors (Lipinski definition) is 1. The largest absolute Gasteiger partial charge is 0.463 e. The normalized spacial score (nSPS) is 17.6. The highest BCUT2D eigenvalue weighted by Crippen LogP contribution is 2.31. The van der Waals surface area contributed by atoms with Gasteiger partial charge in [0.25, 0.3) is 0 Å². The number of benzene rings is 1. The Bertz CT molecular complexity index is 703. The highest BCUT2D eigenvalue weighted by atomic mass is 16.5. The lowest BCUT2D eigenvalue weighted by Crippen LogP contribution is -2.47. The Morgan fingerprint density at radius 3 is 2.78 bits per heavy atom. The van der Waals surface area contributed by atoms with Crippen LogP contribution in [0.25, 0.3) is 0 Å². The van der Waals surface area contributed by atoms with Gasteiger partial charge in [-0.05, 0) is 38.5 Å². The maximum Gasteiger partial charge on any atom is 0.338 e. The van der Waals surface area contributed by atoms with E-state index < -0.39 is 12.0 Å². The van der Waals surface area contributed by atoms with Crippen LogP contribution in [0.5, 0.6) is 0 Å². The van der Waals surface area contributed by atoms with Crippen molar-refractivity contribution in [1.29, 1.82) is 5.26 Å². The van der Waals surface area contributed by atoms with Gasteiger partial charge < -0.3 is 10.1 Å². The predicted molar refractivity (Wildman–Crippen MR) is 84.1 cm³/mol. The molecule has 120 valence electrons. The number of nitrogens with one attached hydrogen (secondary N) is 1. The number of carbonyl (C=O) groups excluding carboxylic acids is 2. The van der Waals surface area contributed by atoms with E-state index in [0.717, 1.165) is 0 Å². The molecule has 1 aliphatic heterocycles. The van der Waals surface area contributed by atoms with E-state index in [9.17, 15) is 9.59 Å². The summed E-state index contributed by atoms with van der Waals surface area (Å²) in [5.41, 5.74) is 2.11. The van der Waals surface area contributed by atoms with Gasteiger partial charge in [-0.15, -0.1) is 0 Å². The SMILES string of the molecule is CCOC(=O)C1=C(C)N(CC)C(=O)NC1c1cccc(C#N)c1. The van der Waals surface area contributed by atoms with E-state index in [1.807, 2.05) is 6.92 Å². The number of ether oxygens (including phenoxy) is 1. The molecule has 1 aromatic carbocycles. The molecule has 1 N–H and O–H groups in total. The van der Waals surface area contributed by atoms with Crippen molar-refractivity contribution in [2.45, 2.75) is 26.8 Å². The molecular formula is C17H19N3O3. The summed E-state index contributed by atoms with van der Waals surface area (Å²) >= 11 is 0. The molecule has 1 aliphatic rings. The first-order valence-electron chi connectivity index (χ1n) is 7.49. The van der Waals surface area contributed by atoms with Crippen molar-refractivity contribution < 1.29 is 14.3 Å². The van der Waals surface area contributed by atoms with Crippen LogP contribution < -0.4 is 5.32 Å². The van der Waals surface area contributed by atoms with Crippen LogP contribution in [0.15, 0.2) is 35.5 Å². The molecule has 0 aromatic heterocycles. The molecule has 0 saturated carbocycles. The topological polar surface area (TPSA) is 82.4 Å². The lowest BCUT2D eigenvalue weighted by Gasteiger charge is -2.34. The fourth-order valence-electron chi connectivity index (χ4n) is 2.67. The first kappa shape index (κ1) is 16.6. The van der Waals surface area contributed by atoms with Crippen LogP contribution in [0, 0.1) is 11.3 Å². The molecule has 1 aromatic rings. The number of amides is 2. The maximum absolute atomic E-state index is 12.4. The summed E-state index contributed by atoms with van der Waals surface area (Å²) in [5, 5.41) is 11.9. The zero-order chi connectivity index (χ0) is 17.0. The summed E-state index contributed by atoms with van der Waals surface area (Å²) in [6, 6.07) is 8.01. The molecule has 0 fully saturated rings. The third-order valence-electron chi connectivity index (χ3n) is 3.76. The highest BCUT2D eigenvalue weighted by Gasteiger charge is 2.35. The minimum Gasteiger partial charge on any atom is -0.463 e. The van der Waals surface area contributed by atoms with Gasteiger partial charge in [-0.2, -0.15) is 5.26 Å². The average molecular weight is 313 g/mol. The zero-order valence-electron chi connectivity index (χ0n) is 13.4. The number of rotatable bonds is 4. The fourth-order valence-corrected chi connectivity index (χ4v) is 2.67. The summed E-state index contributed by atoms with van der Waals surface area (Å²) in [5.74, 6) is -0.462. The highest BCUT2D eigenvalue weighted by molar-refractivity contribution is 5.95. The molecule has 0 saturated heterocycles. The lowest BCUT2D eigenvalue weighted by molar-refractivity contribution is -0.139. The Labute approximate surface area is 135 Å². The lowest BCUT2D eigenvalue weighted by atomic mass is 9.94. The van der Waals surface area contributed by atoms with E-state index in [1.54, 1.807) is 38.1 Å². The Hall–Kier alpha value is -2.81. The van der Waals surface area contributed by atoms with E-state index in [1.165, 1.54) is 4.90 Å². The van der Waals surface area contributed by atoms with E-state index in [0.29, 0.717) is 28.9 Å². The number of nitrogens with zero attached hydrogens (tertiary/aromatic N) is 2.